The highest BCUT2D eigenvalue weighted by Crippen LogP contribution is 2.32. The Morgan fingerprint density at radius 3 is 2.62 bits per heavy atom. The third-order valence-electron chi connectivity index (χ3n) is 5.72. The quantitative estimate of drug-likeness (QED) is 0.590. The van der Waals surface area contributed by atoms with Crippen molar-refractivity contribution >= 4 is 22.4 Å². The highest BCUT2D eigenvalue weighted by molar-refractivity contribution is 6.03. The van der Waals surface area contributed by atoms with Crippen LogP contribution >= 0.6 is 0 Å². The van der Waals surface area contributed by atoms with Crippen molar-refractivity contribution in [2.24, 2.45) is 0 Å². The van der Waals surface area contributed by atoms with E-state index >= 15 is 0 Å². The summed E-state index contributed by atoms with van der Waals surface area (Å²) in [5.41, 5.74) is -0.239. The molecule has 1 aliphatic rings. The van der Waals surface area contributed by atoms with E-state index in [0.29, 0.717) is 35.1 Å². The largest absolute Gasteiger partial charge is 0.419 e. The molecule has 5 nitrogen and oxygen atoms in total. The first-order chi connectivity index (χ1) is 15.1. The SMILES string of the molecule is Cc1ccc2c(=O)n(C3CCNC3)ccc2c1NC(=O)Cc1ccc(C(F)(F)F)c(F)c1. The second kappa shape index (κ2) is 8.38. The van der Waals surface area contributed by atoms with Crippen LogP contribution in [-0.4, -0.2) is 23.6 Å². The molecular weight excluding hydrogens is 426 g/mol. The molecule has 1 atom stereocenters. The summed E-state index contributed by atoms with van der Waals surface area (Å²) in [7, 11) is 0. The lowest BCUT2D eigenvalue weighted by atomic mass is 10.0. The van der Waals surface area contributed by atoms with Crippen molar-refractivity contribution in [1.29, 1.82) is 0 Å². The molecule has 1 saturated heterocycles. The van der Waals surface area contributed by atoms with Crippen molar-refractivity contribution in [2.75, 3.05) is 18.4 Å². The summed E-state index contributed by atoms with van der Waals surface area (Å²) in [5, 5.41) is 7.00. The number of hydrogen-bond donors (Lipinski definition) is 2. The minimum absolute atomic E-state index is 0.0702. The summed E-state index contributed by atoms with van der Waals surface area (Å²) in [5.74, 6) is -1.95. The molecule has 0 bridgehead atoms. The van der Waals surface area contributed by atoms with Gasteiger partial charge < -0.3 is 15.2 Å². The fourth-order valence-electron chi connectivity index (χ4n) is 4.05. The number of halogens is 4. The molecular formula is C23H21F4N3O2. The van der Waals surface area contributed by atoms with Gasteiger partial charge in [0.2, 0.25) is 5.91 Å². The number of rotatable bonds is 4. The first-order valence-corrected chi connectivity index (χ1v) is 10.2. The highest BCUT2D eigenvalue weighted by Gasteiger charge is 2.34. The minimum atomic E-state index is -4.80. The van der Waals surface area contributed by atoms with Gasteiger partial charge in [-0.1, -0.05) is 12.1 Å². The lowest BCUT2D eigenvalue weighted by Crippen LogP contribution is -2.26. The Bertz CT molecular complexity index is 1240. The van der Waals surface area contributed by atoms with Crippen molar-refractivity contribution in [3.8, 4) is 0 Å². The molecule has 0 radical (unpaired) electrons. The summed E-state index contributed by atoms with van der Waals surface area (Å²) in [6, 6.07) is 7.71. The zero-order valence-electron chi connectivity index (χ0n) is 17.2. The van der Waals surface area contributed by atoms with Crippen LogP contribution < -0.4 is 16.2 Å². The topological polar surface area (TPSA) is 63.1 Å². The van der Waals surface area contributed by atoms with E-state index in [-0.39, 0.29) is 23.6 Å². The van der Waals surface area contributed by atoms with E-state index in [9.17, 15) is 27.2 Å². The van der Waals surface area contributed by atoms with Crippen LogP contribution in [0.4, 0.5) is 23.2 Å². The second-order valence-corrected chi connectivity index (χ2v) is 7.93. The maximum absolute atomic E-state index is 13.8. The number of hydrogen-bond acceptors (Lipinski definition) is 3. The Morgan fingerprint density at radius 2 is 1.97 bits per heavy atom. The van der Waals surface area contributed by atoms with Gasteiger partial charge in [0.25, 0.3) is 5.56 Å². The van der Waals surface area contributed by atoms with Crippen molar-refractivity contribution in [1.82, 2.24) is 9.88 Å². The van der Waals surface area contributed by atoms with E-state index in [2.05, 4.69) is 10.6 Å². The van der Waals surface area contributed by atoms with Crippen molar-refractivity contribution in [3.05, 3.63) is 75.5 Å². The smallest absolute Gasteiger partial charge is 0.325 e. The van der Waals surface area contributed by atoms with Gasteiger partial charge in [0.15, 0.2) is 0 Å². The molecule has 168 valence electrons. The van der Waals surface area contributed by atoms with E-state index < -0.39 is 23.5 Å². The lowest BCUT2D eigenvalue weighted by molar-refractivity contribution is -0.140. The molecule has 1 fully saturated rings. The summed E-state index contributed by atoms with van der Waals surface area (Å²) >= 11 is 0. The summed E-state index contributed by atoms with van der Waals surface area (Å²) < 4.78 is 53.7. The van der Waals surface area contributed by atoms with Gasteiger partial charge in [0, 0.05) is 23.5 Å². The Balaban J connectivity index is 1.60. The highest BCUT2D eigenvalue weighted by atomic mass is 19.4. The van der Waals surface area contributed by atoms with E-state index in [1.807, 2.05) is 0 Å². The van der Waals surface area contributed by atoms with Gasteiger partial charge >= 0.3 is 6.18 Å². The van der Waals surface area contributed by atoms with Gasteiger partial charge in [-0.25, -0.2) is 4.39 Å². The van der Waals surface area contributed by atoms with Crippen LogP contribution in [-0.2, 0) is 17.4 Å². The van der Waals surface area contributed by atoms with Crippen LogP contribution in [0.1, 0.15) is 29.2 Å². The zero-order valence-corrected chi connectivity index (χ0v) is 17.2. The summed E-state index contributed by atoms with van der Waals surface area (Å²) in [6.07, 6.45) is -2.55. The zero-order chi connectivity index (χ0) is 23.0. The predicted octanol–water partition coefficient (Wildman–Crippen LogP) is 4.18. The van der Waals surface area contributed by atoms with Gasteiger partial charge in [0.1, 0.15) is 5.82 Å². The summed E-state index contributed by atoms with van der Waals surface area (Å²) in [4.78, 5) is 25.6. The number of aryl methyl sites for hydroxylation is 1. The maximum atomic E-state index is 13.8. The number of amides is 1. The van der Waals surface area contributed by atoms with Gasteiger partial charge in [0.05, 0.1) is 23.7 Å². The molecule has 0 aliphatic carbocycles. The van der Waals surface area contributed by atoms with E-state index in [1.54, 1.807) is 35.9 Å². The number of carbonyl (C=O) groups is 1. The molecule has 9 heteroatoms. The van der Waals surface area contributed by atoms with E-state index in [0.717, 1.165) is 24.6 Å². The Hall–Kier alpha value is -3.20. The van der Waals surface area contributed by atoms with E-state index in [1.165, 1.54) is 0 Å². The molecule has 0 saturated carbocycles. The van der Waals surface area contributed by atoms with Gasteiger partial charge in [-0.05, 0) is 55.3 Å². The van der Waals surface area contributed by atoms with Crippen LogP contribution in [0, 0.1) is 12.7 Å². The van der Waals surface area contributed by atoms with Gasteiger partial charge in [-0.2, -0.15) is 13.2 Å². The number of benzene rings is 2. The lowest BCUT2D eigenvalue weighted by Gasteiger charge is -2.16. The predicted molar refractivity (Wildman–Crippen MR) is 113 cm³/mol. The number of nitrogens with one attached hydrogen (secondary N) is 2. The molecule has 2 N–H and O–H groups in total. The van der Waals surface area contributed by atoms with E-state index in [4.69, 9.17) is 0 Å². The average Bonchev–Trinajstić information content (AvgIpc) is 3.24. The van der Waals surface area contributed by atoms with Crippen LogP contribution in [0.25, 0.3) is 10.8 Å². The molecule has 1 unspecified atom stereocenters. The maximum Gasteiger partial charge on any atom is 0.419 e. The number of fused-ring (bicyclic) bond motifs is 1. The molecule has 1 amide bonds. The minimum Gasteiger partial charge on any atom is -0.325 e. The summed E-state index contributed by atoms with van der Waals surface area (Å²) in [6.45, 7) is 3.33. The average molecular weight is 447 g/mol. The Morgan fingerprint density at radius 1 is 1.19 bits per heavy atom. The first-order valence-electron chi connectivity index (χ1n) is 10.2. The standard InChI is InChI=1S/C23H21F4N3O2/c1-13-2-4-17-16(7-9-30(22(17)32)15-6-8-28-12-15)21(13)29-20(31)11-14-3-5-18(19(24)10-14)23(25,26)27/h2-5,7,9-10,15,28H,6,8,11-12H2,1H3,(H,29,31). The Labute approximate surface area is 181 Å². The third-order valence-corrected chi connectivity index (χ3v) is 5.72. The normalized spacial score (nSPS) is 16.5. The number of alkyl halides is 3. The van der Waals surface area contributed by atoms with Crippen molar-refractivity contribution in [3.63, 3.8) is 0 Å². The van der Waals surface area contributed by atoms with Crippen LogP contribution in [0.3, 0.4) is 0 Å². The van der Waals surface area contributed by atoms with Gasteiger partial charge in [-0.15, -0.1) is 0 Å². The number of aromatic nitrogens is 1. The molecule has 0 spiro atoms. The number of nitrogens with zero attached hydrogens (tertiary/aromatic N) is 1. The molecule has 4 rings (SSSR count). The Kier molecular flexibility index (Phi) is 5.77. The van der Waals surface area contributed by atoms with Crippen molar-refractivity contribution < 1.29 is 22.4 Å². The molecule has 3 aromatic rings. The fraction of sp³-hybridized carbons (Fsp3) is 0.304. The molecule has 1 aromatic heterocycles. The first kappa shape index (κ1) is 22.0. The van der Waals surface area contributed by atoms with Crippen LogP contribution in [0.15, 0.2) is 47.4 Å². The monoisotopic (exact) mass is 447 g/mol. The number of pyridine rings is 1. The molecule has 2 aromatic carbocycles. The molecule has 32 heavy (non-hydrogen) atoms. The fourth-order valence-corrected chi connectivity index (χ4v) is 4.05. The number of anilines is 1. The third kappa shape index (κ3) is 4.25. The molecule has 1 aliphatic heterocycles. The molecule has 2 heterocycles. The van der Waals surface area contributed by atoms with Crippen LogP contribution in [0.2, 0.25) is 0 Å². The van der Waals surface area contributed by atoms with Crippen LogP contribution in [0.5, 0.6) is 0 Å². The van der Waals surface area contributed by atoms with Crippen molar-refractivity contribution in [2.45, 2.75) is 32.0 Å². The van der Waals surface area contributed by atoms with Gasteiger partial charge in [-0.3, -0.25) is 9.59 Å². The number of carbonyl (C=O) groups excluding carboxylic acids is 1. The second-order valence-electron chi connectivity index (χ2n) is 7.93.